The fraction of sp³-hybridized carbons (Fsp3) is 0.400. The number of ether oxygens (including phenoxy) is 1. The number of benzene rings is 1. The Morgan fingerprint density at radius 2 is 2.14 bits per heavy atom. The number of rotatable bonds is 3. The van der Waals surface area contributed by atoms with E-state index in [1.807, 2.05) is 25.1 Å². The Bertz CT molecular complexity index is 291. The van der Waals surface area contributed by atoms with Gasteiger partial charge in [0, 0.05) is 6.04 Å². The molecule has 0 aliphatic heterocycles. The highest BCUT2D eigenvalue weighted by Crippen LogP contribution is 2.31. The number of halogens is 2. The van der Waals surface area contributed by atoms with E-state index in [0.717, 1.165) is 12.0 Å². The minimum absolute atomic E-state index is 0. The van der Waals surface area contributed by atoms with Gasteiger partial charge in [0.1, 0.15) is 5.75 Å². The summed E-state index contributed by atoms with van der Waals surface area (Å²) in [4.78, 5) is 0. The van der Waals surface area contributed by atoms with Crippen LogP contribution in [0.1, 0.15) is 24.9 Å². The zero-order chi connectivity index (χ0) is 9.84. The fourth-order valence-corrected chi connectivity index (χ4v) is 1.53. The number of nitrogens with two attached hydrogens (primary N) is 1. The maximum atomic E-state index is 6.08. The molecule has 0 aliphatic carbocycles. The molecule has 0 saturated carbocycles. The molecule has 0 heterocycles. The molecular formula is C10H15Cl2NO. The van der Waals surface area contributed by atoms with Gasteiger partial charge in [-0.3, -0.25) is 0 Å². The Kier molecular flexibility index (Phi) is 5.93. The van der Waals surface area contributed by atoms with Gasteiger partial charge in [-0.2, -0.15) is 0 Å². The quantitative estimate of drug-likeness (QED) is 0.874. The number of hydrogen-bond acceptors (Lipinski definition) is 2. The molecule has 80 valence electrons. The second kappa shape index (κ2) is 6.12. The zero-order valence-corrected chi connectivity index (χ0v) is 9.86. The van der Waals surface area contributed by atoms with Crippen molar-refractivity contribution >= 4 is 24.0 Å². The normalized spacial score (nSPS) is 11.7. The van der Waals surface area contributed by atoms with Gasteiger partial charge < -0.3 is 10.5 Å². The summed E-state index contributed by atoms with van der Waals surface area (Å²) in [5, 5.41) is 0.624. The summed E-state index contributed by atoms with van der Waals surface area (Å²) in [6, 6.07) is 5.64. The molecule has 2 N–H and O–H groups in total. The van der Waals surface area contributed by atoms with E-state index in [9.17, 15) is 0 Å². The van der Waals surface area contributed by atoms with Crippen LogP contribution in [0.3, 0.4) is 0 Å². The van der Waals surface area contributed by atoms with Crippen LogP contribution in [0, 0.1) is 0 Å². The van der Waals surface area contributed by atoms with Crippen molar-refractivity contribution in [2.75, 3.05) is 7.11 Å². The largest absolute Gasteiger partial charge is 0.495 e. The Morgan fingerprint density at radius 1 is 1.50 bits per heavy atom. The van der Waals surface area contributed by atoms with E-state index in [0.29, 0.717) is 10.8 Å². The number of methoxy groups -OCH3 is 1. The van der Waals surface area contributed by atoms with Crippen molar-refractivity contribution < 1.29 is 4.74 Å². The predicted octanol–water partition coefficient (Wildman–Crippen LogP) is 3.18. The van der Waals surface area contributed by atoms with E-state index >= 15 is 0 Å². The summed E-state index contributed by atoms with van der Waals surface area (Å²) < 4.78 is 5.09. The number of hydrogen-bond donors (Lipinski definition) is 1. The first kappa shape index (κ1) is 13.6. The van der Waals surface area contributed by atoms with Crippen LogP contribution in [-0.2, 0) is 0 Å². The van der Waals surface area contributed by atoms with E-state index in [2.05, 4.69) is 0 Å². The summed E-state index contributed by atoms with van der Waals surface area (Å²) in [5.41, 5.74) is 6.83. The van der Waals surface area contributed by atoms with E-state index in [4.69, 9.17) is 22.1 Å². The first-order valence-electron chi connectivity index (χ1n) is 4.28. The highest BCUT2D eigenvalue weighted by Gasteiger charge is 2.11. The van der Waals surface area contributed by atoms with E-state index in [1.54, 1.807) is 7.11 Å². The fourth-order valence-electron chi connectivity index (χ4n) is 1.19. The van der Waals surface area contributed by atoms with Crippen LogP contribution in [0.4, 0.5) is 0 Å². The molecule has 1 unspecified atom stereocenters. The molecule has 14 heavy (non-hydrogen) atoms. The Balaban J connectivity index is 0.00000169. The minimum atomic E-state index is -0.0115. The lowest BCUT2D eigenvalue weighted by Crippen LogP contribution is -2.09. The van der Waals surface area contributed by atoms with Crippen LogP contribution in [-0.4, -0.2) is 7.11 Å². The average Bonchev–Trinajstić information content (AvgIpc) is 2.17. The Labute approximate surface area is 95.8 Å². The van der Waals surface area contributed by atoms with Crippen molar-refractivity contribution in [1.82, 2.24) is 0 Å². The molecule has 0 radical (unpaired) electrons. The van der Waals surface area contributed by atoms with Crippen LogP contribution in [0.2, 0.25) is 5.02 Å². The molecule has 1 atom stereocenters. The molecule has 0 spiro atoms. The van der Waals surface area contributed by atoms with Gasteiger partial charge in [-0.05, 0) is 18.1 Å². The van der Waals surface area contributed by atoms with Gasteiger partial charge in [0.2, 0.25) is 0 Å². The molecule has 0 aromatic heterocycles. The molecule has 0 saturated heterocycles. The van der Waals surface area contributed by atoms with Crippen molar-refractivity contribution in [2.45, 2.75) is 19.4 Å². The predicted molar refractivity (Wildman–Crippen MR) is 62.5 cm³/mol. The zero-order valence-electron chi connectivity index (χ0n) is 8.29. The van der Waals surface area contributed by atoms with Crippen LogP contribution < -0.4 is 10.5 Å². The SMILES string of the molecule is CCC(N)c1cccc(OC)c1Cl.Cl. The lowest BCUT2D eigenvalue weighted by molar-refractivity contribution is 0.414. The maximum absolute atomic E-state index is 6.08. The van der Waals surface area contributed by atoms with Gasteiger partial charge >= 0.3 is 0 Å². The van der Waals surface area contributed by atoms with Crippen LogP contribution in [0.5, 0.6) is 5.75 Å². The monoisotopic (exact) mass is 235 g/mol. The van der Waals surface area contributed by atoms with Crippen molar-refractivity contribution in [3.05, 3.63) is 28.8 Å². The topological polar surface area (TPSA) is 35.2 Å². The summed E-state index contributed by atoms with van der Waals surface area (Å²) in [6.07, 6.45) is 0.868. The molecule has 0 fully saturated rings. The third-order valence-corrected chi connectivity index (χ3v) is 2.46. The third kappa shape index (κ3) is 2.77. The Morgan fingerprint density at radius 3 is 2.64 bits per heavy atom. The standard InChI is InChI=1S/C10H14ClNO.ClH/c1-3-8(12)7-5-4-6-9(13-2)10(7)11;/h4-6,8H,3,12H2,1-2H3;1H. The second-order valence-electron chi connectivity index (χ2n) is 2.88. The minimum Gasteiger partial charge on any atom is -0.495 e. The van der Waals surface area contributed by atoms with Crippen LogP contribution >= 0.6 is 24.0 Å². The van der Waals surface area contributed by atoms with Gasteiger partial charge in [-0.25, -0.2) is 0 Å². The first-order chi connectivity index (χ1) is 6.20. The van der Waals surface area contributed by atoms with Gasteiger partial charge in [-0.1, -0.05) is 30.7 Å². The molecular weight excluding hydrogens is 221 g/mol. The molecule has 1 aromatic rings. The molecule has 2 nitrogen and oxygen atoms in total. The molecule has 0 aliphatic rings. The van der Waals surface area contributed by atoms with Gasteiger partial charge in [0.25, 0.3) is 0 Å². The molecule has 1 rings (SSSR count). The van der Waals surface area contributed by atoms with Crippen molar-refractivity contribution in [2.24, 2.45) is 5.73 Å². The summed E-state index contributed by atoms with van der Waals surface area (Å²) >= 11 is 6.08. The maximum Gasteiger partial charge on any atom is 0.137 e. The molecule has 0 amide bonds. The van der Waals surface area contributed by atoms with Crippen molar-refractivity contribution in [3.63, 3.8) is 0 Å². The summed E-state index contributed by atoms with van der Waals surface area (Å²) in [7, 11) is 1.60. The van der Waals surface area contributed by atoms with Crippen LogP contribution in [0.15, 0.2) is 18.2 Å². The van der Waals surface area contributed by atoms with Gasteiger partial charge in [0.05, 0.1) is 12.1 Å². The second-order valence-corrected chi connectivity index (χ2v) is 3.26. The lowest BCUT2D eigenvalue weighted by atomic mass is 10.1. The smallest absolute Gasteiger partial charge is 0.137 e. The van der Waals surface area contributed by atoms with E-state index in [1.165, 1.54) is 0 Å². The van der Waals surface area contributed by atoms with Gasteiger partial charge in [-0.15, -0.1) is 12.4 Å². The van der Waals surface area contributed by atoms with E-state index in [-0.39, 0.29) is 18.4 Å². The van der Waals surface area contributed by atoms with Gasteiger partial charge in [0.15, 0.2) is 0 Å². The highest BCUT2D eigenvalue weighted by atomic mass is 35.5. The molecule has 4 heteroatoms. The van der Waals surface area contributed by atoms with Crippen molar-refractivity contribution in [3.8, 4) is 5.75 Å². The highest BCUT2D eigenvalue weighted by molar-refractivity contribution is 6.32. The summed E-state index contributed by atoms with van der Waals surface area (Å²) in [6.45, 7) is 2.03. The Hall–Kier alpha value is -0.440. The lowest BCUT2D eigenvalue weighted by Gasteiger charge is -2.13. The molecule has 0 bridgehead atoms. The van der Waals surface area contributed by atoms with E-state index < -0.39 is 0 Å². The third-order valence-electron chi connectivity index (χ3n) is 2.05. The van der Waals surface area contributed by atoms with Crippen LogP contribution in [0.25, 0.3) is 0 Å². The average molecular weight is 236 g/mol. The summed E-state index contributed by atoms with van der Waals surface area (Å²) in [5.74, 6) is 0.683. The first-order valence-corrected chi connectivity index (χ1v) is 4.66. The van der Waals surface area contributed by atoms with Crippen molar-refractivity contribution in [1.29, 1.82) is 0 Å². The molecule has 1 aromatic carbocycles.